The summed E-state index contributed by atoms with van der Waals surface area (Å²) in [6.07, 6.45) is 0. The van der Waals surface area contributed by atoms with E-state index < -0.39 is 0 Å². The molecule has 36 heavy (non-hydrogen) atoms. The van der Waals surface area contributed by atoms with Gasteiger partial charge in [0.25, 0.3) is 5.82 Å². The largest absolute Gasteiger partial charge is 0.436 e. The summed E-state index contributed by atoms with van der Waals surface area (Å²) in [5.74, 6) is 1.72. The predicted molar refractivity (Wildman–Crippen MR) is 146 cm³/mol. The third-order valence-corrected chi connectivity index (χ3v) is 7.02. The van der Waals surface area contributed by atoms with E-state index in [9.17, 15) is 0 Å². The third-order valence-electron chi connectivity index (χ3n) is 7.02. The highest BCUT2D eigenvalue weighted by molar-refractivity contribution is 5.93. The van der Waals surface area contributed by atoms with Crippen LogP contribution in [0.2, 0.25) is 0 Å². The molecule has 0 amide bonds. The van der Waals surface area contributed by atoms with Gasteiger partial charge in [-0.3, -0.25) is 0 Å². The van der Waals surface area contributed by atoms with Crippen molar-refractivity contribution in [1.82, 2.24) is 9.55 Å². The number of nitrogens with zero attached hydrogens (tertiary/aromatic N) is 3. The quantitative estimate of drug-likeness (QED) is 0.249. The summed E-state index contributed by atoms with van der Waals surface area (Å²) >= 11 is 0. The Balaban J connectivity index is 1.66. The number of aryl methyl sites for hydroxylation is 2. The van der Waals surface area contributed by atoms with Crippen molar-refractivity contribution >= 4 is 22.1 Å². The van der Waals surface area contributed by atoms with Crippen LogP contribution in [-0.4, -0.2) is 9.55 Å². The Morgan fingerprint density at radius 3 is 2.22 bits per heavy atom. The molecule has 4 aromatic carbocycles. The SMILES string of the molecule is Cc1ccc2oc(-c3ccccc3)nc2c1-c1n(-c2ccc(C(C)(C)C)cc2)c2ccccc2[n+]1C. The van der Waals surface area contributed by atoms with Gasteiger partial charge in [-0.1, -0.05) is 69.3 Å². The van der Waals surface area contributed by atoms with Crippen molar-refractivity contribution in [1.29, 1.82) is 0 Å². The van der Waals surface area contributed by atoms with Crippen molar-refractivity contribution in [3.8, 4) is 28.5 Å². The van der Waals surface area contributed by atoms with Gasteiger partial charge in [0.1, 0.15) is 11.2 Å². The predicted octanol–water partition coefficient (Wildman–Crippen LogP) is 7.54. The van der Waals surface area contributed by atoms with Crippen LogP contribution in [0.3, 0.4) is 0 Å². The maximum atomic E-state index is 6.25. The average Bonchev–Trinajstić information content (AvgIpc) is 3.44. The Kier molecular flexibility index (Phi) is 5.08. The maximum Gasteiger partial charge on any atom is 0.297 e. The summed E-state index contributed by atoms with van der Waals surface area (Å²) in [5.41, 5.74) is 9.72. The van der Waals surface area contributed by atoms with E-state index in [2.05, 4.69) is 98.5 Å². The summed E-state index contributed by atoms with van der Waals surface area (Å²) < 4.78 is 10.9. The molecule has 6 aromatic rings. The van der Waals surface area contributed by atoms with Gasteiger partial charge in [0, 0.05) is 5.56 Å². The van der Waals surface area contributed by atoms with E-state index in [-0.39, 0.29) is 5.41 Å². The lowest BCUT2D eigenvalue weighted by molar-refractivity contribution is -0.633. The molecule has 178 valence electrons. The van der Waals surface area contributed by atoms with Crippen LogP contribution in [-0.2, 0) is 12.5 Å². The summed E-state index contributed by atoms with van der Waals surface area (Å²) in [4.78, 5) is 5.02. The van der Waals surface area contributed by atoms with Gasteiger partial charge in [-0.05, 0) is 65.9 Å². The van der Waals surface area contributed by atoms with E-state index in [1.807, 2.05) is 36.4 Å². The van der Waals surface area contributed by atoms with E-state index >= 15 is 0 Å². The molecule has 0 aliphatic carbocycles. The van der Waals surface area contributed by atoms with Gasteiger partial charge in [0.2, 0.25) is 5.89 Å². The van der Waals surface area contributed by atoms with E-state index in [0.29, 0.717) is 5.89 Å². The number of hydrogen-bond donors (Lipinski definition) is 0. The second-order valence-corrected chi connectivity index (χ2v) is 10.5. The monoisotopic (exact) mass is 472 g/mol. The highest BCUT2D eigenvalue weighted by atomic mass is 16.3. The zero-order chi connectivity index (χ0) is 25.0. The van der Waals surface area contributed by atoms with Gasteiger partial charge in [0.15, 0.2) is 16.6 Å². The molecular weight excluding hydrogens is 442 g/mol. The van der Waals surface area contributed by atoms with Crippen molar-refractivity contribution < 1.29 is 8.98 Å². The van der Waals surface area contributed by atoms with Gasteiger partial charge < -0.3 is 4.42 Å². The molecule has 6 rings (SSSR count). The summed E-state index contributed by atoms with van der Waals surface area (Å²) in [6, 6.07) is 31.7. The average molecular weight is 473 g/mol. The number of para-hydroxylation sites is 2. The molecule has 2 aromatic heterocycles. The normalized spacial score (nSPS) is 12.0. The first-order valence-corrected chi connectivity index (χ1v) is 12.4. The first-order chi connectivity index (χ1) is 17.3. The molecular formula is C32H30N3O+. The fraction of sp³-hybridized carbons (Fsp3) is 0.188. The zero-order valence-corrected chi connectivity index (χ0v) is 21.4. The Morgan fingerprint density at radius 2 is 1.50 bits per heavy atom. The lowest BCUT2D eigenvalue weighted by Crippen LogP contribution is -2.30. The van der Waals surface area contributed by atoms with E-state index in [1.165, 1.54) is 5.56 Å². The molecule has 4 nitrogen and oxygen atoms in total. The molecule has 0 unspecified atom stereocenters. The molecule has 2 heterocycles. The Hall–Kier alpha value is -4.18. The number of rotatable bonds is 3. The molecule has 0 bridgehead atoms. The minimum Gasteiger partial charge on any atom is -0.436 e. The Bertz CT molecular complexity index is 1720. The number of benzene rings is 4. The van der Waals surface area contributed by atoms with Crippen LogP contribution in [0.4, 0.5) is 0 Å². The van der Waals surface area contributed by atoms with Gasteiger partial charge in [-0.25, -0.2) is 9.55 Å². The highest BCUT2D eigenvalue weighted by Crippen LogP contribution is 2.36. The number of aromatic nitrogens is 3. The minimum absolute atomic E-state index is 0.0987. The summed E-state index contributed by atoms with van der Waals surface area (Å²) in [6.45, 7) is 8.89. The highest BCUT2D eigenvalue weighted by Gasteiger charge is 2.30. The molecule has 0 N–H and O–H groups in total. The fourth-order valence-electron chi connectivity index (χ4n) is 5.05. The first kappa shape index (κ1) is 22.3. The zero-order valence-electron chi connectivity index (χ0n) is 21.4. The van der Waals surface area contributed by atoms with E-state index in [4.69, 9.17) is 9.40 Å². The fourth-order valence-corrected chi connectivity index (χ4v) is 5.05. The minimum atomic E-state index is 0.0987. The van der Waals surface area contributed by atoms with Crippen LogP contribution in [0.1, 0.15) is 31.9 Å². The molecule has 0 saturated carbocycles. The van der Waals surface area contributed by atoms with Crippen LogP contribution in [0.15, 0.2) is 95.4 Å². The number of oxazole rings is 1. The molecule has 0 aliphatic rings. The smallest absolute Gasteiger partial charge is 0.297 e. The van der Waals surface area contributed by atoms with Crippen molar-refractivity contribution in [2.45, 2.75) is 33.1 Å². The van der Waals surface area contributed by atoms with Gasteiger partial charge in [-0.2, -0.15) is 4.57 Å². The van der Waals surface area contributed by atoms with Crippen LogP contribution in [0.25, 0.3) is 50.7 Å². The van der Waals surface area contributed by atoms with E-state index in [1.54, 1.807) is 0 Å². The molecule has 0 saturated heterocycles. The molecule has 4 heteroatoms. The molecule has 0 fully saturated rings. The molecule has 0 aliphatic heterocycles. The van der Waals surface area contributed by atoms with E-state index in [0.717, 1.165) is 50.3 Å². The Morgan fingerprint density at radius 1 is 0.806 bits per heavy atom. The van der Waals surface area contributed by atoms with Crippen LogP contribution < -0.4 is 4.57 Å². The van der Waals surface area contributed by atoms with Crippen molar-refractivity contribution in [2.75, 3.05) is 0 Å². The molecule has 0 atom stereocenters. The second-order valence-electron chi connectivity index (χ2n) is 10.5. The third kappa shape index (κ3) is 3.53. The number of imidazole rings is 1. The standard InChI is InChI=1S/C32H30N3O/c1-21-15-20-27-29(33-30(36-27)22-11-7-6-8-12-22)28(21)31-34(5)25-13-9-10-14-26(25)35(31)24-18-16-23(17-19-24)32(2,3)4/h6-20H,1-5H3/q+1. The summed E-state index contributed by atoms with van der Waals surface area (Å²) in [7, 11) is 2.13. The first-order valence-electron chi connectivity index (χ1n) is 12.4. The second kappa shape index (κ2) is 8.20. The lowest BCUT2D eigenvalue weighted by atomic mass is 9.87. The topological polar surface area (TPSA) is 34.8 Å². The van der Waals surface area contributed by atoms with Gasteiger partial charge in [-0.15, -0.1) is 0 Å². The molecule has 0 radical (unpaired) electrons. The van der Waals surface area contributed by atoms with Crippen LogP contribution in [0.5, 0.6) is 0 Å². The Labute approximate surface area is 211 Å². The van der Waals surface area contributed by atoms with Crippen molar-refractivity contribution in [3.63, 3.8) is 0 Å². The van der Waals surface area contributed by atoms with Gasteiger partial charge >= 0.3 is 0 Å². The lowest BCUT2D eigenvalue weighted by Gasteiger charge is -2.18. The van der Waals surface area contributed by atoms with Crippen molar-refractivity contribution in [3.05, 3.63) is 102 Å². The maximum absolute atomic E-state index is 6.25. The number of fused-ring (bicyclic) bond motifs is 2. The summed E-state index contributed by atoms with van der Waals surface area (Å²) in [5, 5.41) is 0. The van der Waals surface area contributed by atoms with Crippen LogP contribution >= 0.6 is 0 Å². The number of hydrogen-bond acceptors (Lipinski definition) is 2. The molecule has 0 spiro atoms. The van der Waals surface area contributed by atoms with Crippen molar-refractivity contribution in [2.24, 2.45) is 7.05 Å². The van der Waals surface area contributed by atoms with Crippen LogP contribution in [0, 0.1) is 6.92 Å². The van der Waals surface area contributed by atoms with Gasteiger partial charge in [0.05, 0.1) is 12.6 Å².